The third-order valence-electron chi connectivity index (χ3n) is 4.41. The third kappa shape index (κ3) is 5.68. The van der Waals surface area contributed by atoms with E-state index in [0.29, 0.717) is 22.7 Å². The van der Waals surface area contributed by atoms with Crippen LogP contribution in [0.25, 0.3) is 0 Å². The Balaban J connectivity index is 1.54. The summed E-state index contributed by atoms with van der Waals surface area (Å²) in [4.78, 5) is 26.0. The van der Waals surface area contributed by atoms with Gasteiger partial charge in [0.1, 0.15) is 5.75 Å². The van der Waals surface area contributed by atoms with Crippen molar-refractivity contribution in [2.75, 3.05) is 29.9 Å². The Morgan fingerprint density at radius 2 is 1.90 bits per heavy atom. The van der Waals surface area contributed by atoms with Crippen LogP contribution in [0.4, 0.5) is 11.4 Å². The van der Waals surface area contributed by atoms with E-state index in [2.05, 4.69) is 16.6 Å². The molecule has 8 nitrogen and oxygen atoms in total. The summed E-state index contributed by atoms with van der Waals surface area (Å²) in [5.74, 6) is 0.00992. The topological polar surface area (TPSA) is 105 Å². The number of rotatable bonds is 9. The summed E-state index contributed by atoms with van der Waals surface area (Å²) in [7, 11) is -3.44. The molecule has 30 heavy (non-hydrogen) atoms. The number of carbonyl (C=O) groups excluding carboxylic acids is 2. The number of nitrogens with zero attached hydrogens (tertiary/aromatic N) is 1. The Morgan fingerprint density at radius 1 is 1.17 bits per heavy atom. The fourth-order valence-electron chi connectivity index (χ4n) is 2.98. The van der Waals surface area contributed by atoms with Crippen molar-refractivity contribution in [2.45, 2.75) is 12.2 Å². The largest absolute Gasteiger partial charge is 0.482 e. The van der Waals surface area contributed by atoms with Crippen molar-refractivity contribution in [1.29, 1.82) is 0 Å². The molecule has 0 saturated heterocycles. The summed E-state index contributed by atoms with van der Waals surface area (Å²) >= 11 is 0. The molecular formula is C21H23N3O5S. The summed E-state index contributed by atoms with van der Waals surface area (Å²) in [5, 5.41) is 2.76. The Morgan fingerprint density at radius 3 is 2.63 bits per heavy atom. The molecule has 0 radical (unpaired) electrons. The quantitative estimate of drug-likeness (QED) is 0.594. The molecule has 9 heteroatoms. The highest BCUT2D eigenvalue weighted by Gasteiger charge is 2.25. The lowest BCUT2D eigenvalue weighted by molar-refractivity contribution is -0.121. The number of sulfonamides is 1. The highest BCUT2D eigenvalue weighted by molar-refractivity contribution is 7.88. The number of anilines is 2. The number of fused-ring (bicyclic) bond motifs is 1. The van der Waals surface area contributed by atoms with E-state index in [1.54, 1.807) is 41.3 Å². The monoisotopic (exact) mass is 429 g/mol. The number of ether oxygens (including phenoxy) is 1. The van der Waals surface area contributed by atoms with Crippen LogP contribution in [0.5, 0.6) is 5.75 Å². The zero-order valence-corrected chi connectivity index (χ0v) is 17.2. The second kappa shape index (κ2) is 9.55. The van der Waals surface area contributed by atoms with Gasteiger partial charge in [-0.15, -0.1) is 6.58 Å². The normalized spacial score (nSPS) is 13.3. The second-order valence-corrected chi connectivity index (χ2v) is 8.50. The van der Waals surface area contributed by atoms with Crippen LogP contribution in [0.1, 0.15) is 12.0 Å². The molecule has 0 aromatic heterocycles. The molecule has 0 fully saturated rings. The first kappa shape index (κ1) is 21.5. The summed E-state index contributed by atoms with van der Waals surface area (Å²) in [6.45, 7) is 3.83. The van der Waals surface area contributed by atoms with E-state index in [1.807, 2.05) is 12.1 Å². The van der Waals surface area contributed by atoms with Gasteiger partial charge < -0.3 is 15.0 Å². The maximum atomic E-state index is 12.3. The predicted octanol–water partition coefficient (Wildman–Crippen LogP) is 2.05. The van der Waals surface area contributed by atoms with Crippen LogP contribution in [0.3, 0.4) is 0 Å². The van der Waals surface area contributed by atoms with E-state index in [1.165, 1.54) is 6.08 Å². The molecule has 1 aliphatic rings. The lowest BCUT2D eigenvalue weighted by atomic mass is 10.2. The van der Waals surface area contributed by atoms with Crippen LogP contribution in [-0.2, 0) is 25.4 Å². The maximum absolute atomic E-state index is 12.3. The summed E-state index contributed by atoms with van der Waals surface area (Å²) in [6, 6.07) is 13.8. The average molecular weight is 429 g/mol. The van der Waals surface area contributed by atoms with Gasteiger partial charge in [-0.1, -0.05) is 30.3 Å². The molecule has 0 spiro atoms. The average Bonchev–Trinajstić information content (AvgIpc) is 2.73. The molecule has 1 heterocycles. The van der Waals surface area contributed by atoms with Crippen LogP contribution >= 0.6 is 0 Å². The minimum atomic E-state index is -3.44. The van der Waals surface area contributed by atoms with Crippen LogP contribution in [0.15, 0.2) is 61.2 Å². The van der Waals surface area contributed by atoms with Gasteiger partial charge in [0, 0.05) is 25.2 Å². The number of benzene rings is 2. The zero-order chi connectivity index (χ0) is 21.6. The summed E-state index contributed by atoms with van der Waals surface area (Å²) in [6.07, 6.45) is 1.58. The Hall–Kier alpha value is -3.17. The molecular weight excluding hydrogens is 406 g/mol. The summed E-state index contributed by atoms with van der Waals surface area (Å²) < 4.78 is 31.6. The molecule has 0 bridgehead atoms. The molecule has 2 aromatic rings. The van der Waals surface area contributed by atoms with Crippen molar-refractivity contribution < 1.29 is 22.7 Å². The van der Waals surface area contributed by atoms with Crippen molar-refractivity contribution in [3.8, 4) is 5.75 Å². The van der Waals surface area contributed by atoms with E-state index >= 15 is 0 Å². The number of nitrogens with one attached hydrogen (secondary N) is 2. The predicted molar refractivity (Wildman–Crippen MR) is 115 cm³/mol. The van der Waals surface area contributed by atoms with Crippen molar-refractivity contribution >= 4 is 33.2 Å². The molecule has 0 unspecified atom stereocenters. The minimum Gasteiger partial charge on any atom is -0.482 e. The molecule has 158 valence electrons. The SMILES string of the molecule is C=CCNS(=O)(=O)Cc1ccc(NC(=O)CCN2C(=O)COc3ccccc32)cc1. The highest BCUT2D eigenvalue weighted by atomic mass is 32.2. The molecule has 0 atom stereocenters. The van der Waals surface area contributed by atoms with Gasteiger partial charge >= 0.3 is 0 Å². The standard InChI is InChI=1S/C21H23N3O5S/c1-2-12-22-30(27,28)15-16-7-9-17(10-8-16)23-20(25)11-13-24-18-5-3-4-6-19(18)29-14-21(24)26/h2-10,22H,1,11-15H2,(H,23,25). The zero-order valence-electron chi connectivity index (χ0n) is 16.3. The van der Waals surface area contributed by atoms with E-state index in [-0.39, 0.29) is 43.7 Å². The van der Waals surface area contributed by atoms with Crippen molar-refractivity contribution in [3.05, 3.63) is 66.7 Å². The molecule has 1 aliphatic heterocycles. The van der Waals surface area contributed by atoms with Gasteiger partial charge in [-0.2, -0.15) is 0 Å². The molecule has 3 rings (SSSR count). The highest BCUT2D eigenvalue weighted by Crippen LogP contribution is 2.31. The number of amides is 2. The Kier molecular flexibility index (Phi) is 6.86. The van der Waals surface area contributed by atoms with Gasteiger partial charge in [-0.25, -0.2) is 13.1 Å². The lowest BCUT2D eigenvalue weighted by Crippen LogP contribution is -2.40. The molecule has 2 aromatic carbocycles. The first-order valence-electron chi connectivity index (χ1n) is 9.37. The molecule has 0 saturated carbocycles. The van der Waals surface area contributed by atoms with Gasteiger partial charge in [-0.3, -0.25) is 9.59 Å². The number of carbonyl (C=O) groups is 2. The van der Waals surface area contributed by atoms with Gasteiger partial charge in [0.25, 0.3) is 5.91 Å². The Labute approximate surface area is 175 Å². The maximum Gasteiger partial charge on any atom is 0.265 e. The lowest BCUT2D eigenvalue weighted by Gasteiger charge is -2.29. The fourth-order valence-corrected chi connectivity index (χ4v) is 4.08. The van der Waals surface area contributed by atoms with Gasteiger partial charge in [-0.05, 0) is 29.8 Å². The van der Waals surface area contributed by atoms with Gasteiger partial charge in [0.2, 0.25) is 15.9 Å². The van der Waals surface area contributed by atoms with Crippen molar-refractivity contribution in [1.82, 2.24) is 4.72 Å². The number of hydrogen-bond donors (Lipinski definition) is 2. The smallest absolute Gasteiger partial charge is 0.265 e. The first-order chi connectivity index (χ1) is 14.4. The number of hydrogen-bond acceptors (Lipinski definition) is 5. The fraction of sp³-hybridized carbons (Fsp3) is 0.238. The van der Waals surface area contributed by atoms with E-state index in [0.717, 1.165) is 0 Å². The minimum absolute atomic E-state index is 0.0509. The van der Waals surface area contributed by atoms with Crippen LogP contribution in [0, 0.1) is 0 Å². The van der Waals surface area contributed by atoms with Crippen LogP contribution in [0.2, 0.25) is 0 Å². The van der Waals surface area contributed by atoms with Crippen molar-refractivity contribution in [2.24, 2.45) is 0 Å². The summed E-state index contributed by atoms with van der Waals surface area (Å²) in [5.41, 5.74) is 1.80. The molecule has 0 aliphatic carbocycles. The Bertz CT molecular complexity index is 1030. The van der Waals surface area contributed by atoms with Gasteiger partial charge in [0.05, 0.1) is 11.4 Å². The first-order valence-corrected chi connectivity index (χ1v) is 11.0. The molecule has 2 N–H and O–H groups in total. The van der Waals surface area contributed by atoms with Crippen molar-refractivity contribution in [3.63, 3.8) is 0 Å². The molecule has 2 amide bonds. The third-order valence-corrected chi connectivity index (χ3v) is 5.73. The number of para-hydroxylation sites is 2. The second-order valence-electron chi connectivity index (χ2n) is 6.69. The van der Waals surface area contributed by atoms with E-state index in [9.17, 15) is 18.0 Å². The van der Waals surface area contributed by atoms with E-state index in [4.69, 9.17) is 4.74 Å². The van der Waals surface area contributed by atoms with E-state index < -0.39 is 10.0 Å². The van der Waals surface area contributed by atoms with Crippen LogP contribution < -0.4 is 19.7 Å². The van der Waals surface area contributed by atoms with Gasteiger partial charge in [0.15, 0.2) is 6.61 Å². The van der Waals surface area contributed by atoms with Crippen LogP contribution in [-0.4, -0.2) is 39.9 Å².